The molecule has 0 aromatic heterocycles. The van der Waals surface area contributed by atoms with E-state index in [1.165, 1.54) is 19.2 Å². The summed E-state index contributed by atoms with van der Waals surface area (Å²) >= 11 is 0. The molecule has 0 radical (unpaired) electrons. The van der Waals surface area contributed by atoms with E-state index in [9.17, 15) is 22.4 Å². The molecule has 0 aliphatic carbocycles. The number of halogens is 4. The van der Waals surface area contributed by atoms with Crippen molar-refractivity contribution in [3.05, 3.63) is 129 Å². The van der Waals surface area contributed by atoms with Crippen LogP contribution in [0.5, 0.6) is 0 Å². The van der Waals surface area contributed by atoms with E-state index in [0.29, 0.717) is 11.1 Å². The highest BCUT2D eigenvalue weighted by Crippen LogP contribution is 2.54. The monoisotopic (exact) mass is 533 g/mol. The fraction of sp³-hybridized carbons (Fsp3) is 0.133. The van der Waals surface area contributed by atoms with Crippen molar-refractivity contribution in [2.45, 2.75) is 18.8 Å². The molecular formula is C30H23F4N3O2. The van der Waals surface area contributed by atoms with Gasteiger partial charge in [-0.2, -0.15) is 0 Å². The molecule has 2 heterocycles. The highest BCUT2D eigenvalue weighted by molar-refractivity contribution is 5.94. The number of nitrogens with one attached hydrogen (secondary N) is 2. The maximum Gasteiger partial charge on any atom is 0.251 e. The Bertz CT molecular complexity index is 1620. The first-order chi connectivity index (χ1) is 18.8. The average Bonchev–Trinajstić information content (AvgIpc) is 3.51. The van der Waals surface area contributed by atoms with Crippen molar-refractivity contribution in [2.24, 2.45) is 5.73 Å². The third-order valence-corrected chi connectivity index (χ3v) is 6.84. The molecule has 39 heavy (non-hydrogen) atoms. The number of benzene rings is 4. The van der Waals surface area contributed by atoms with Crippen molar-refractivity contribution < 1.29 is 27.1 Å². The molecule has 0 unspecified atom stereocenters. The predicted molar refractivity (Wildman–Crippen MR) is 139 cm³/mol. The van der Waals surface area contributed by atoms with Crippen LogP contribution in [0.3, 0.4) is 0 Å². The van der Waals surface area contributed by atoms with E-state index < -0.39 is 35.3 Å². The van der Waals surface area contributed by atoms with Crippen molar-refractivity contribution in [1.29, 1.82) is 5.41 Å². The van der Waals surface area contributed by atoms with Gasteiger partial charge >= 0.3 is 0 Å². The molecule has 1 amide bonds. The van der Waals surface area contributed by atoms with Crippen molar-refractivity contribution >= 4 is 12.1 Å². The Morgan fingerprint density at radius 2 is 1.54 bits per heavy atom. The maximum absolute atomic E-state index is 14.4. The van der Waals surface area contributed by atoms with Crippen LogP contribution < -0.4 is 11.1 Å². The van der Waals surface area contributed by atoms with Gasteiger partial charge in [-0.1, -0.05) is 18.2 Å². The molecule has 198 valence electrons. The van der Waals surface area contributed by atoms with Crippen LogP contribution in [-0.4, -0.2) is 19.2 Å². The van der Waals surface area contributed by atoms with Crippen LogP contribution >= 0.6 is 0 Å². The average molecular weight is 534 g/mol. The van der Waals surface area contributed by atoms with E-state index in [4.69, 9.17) is 10.1 Å². The summed E-state index contributed by atoms with van der Waals surface area (Å²) in [5, 5.41) is 9.71. The van der Waals surface area contributed by atoms with Gasteiger partial charge in [0.1, 0.15) is 35.5 Å². The molecule has 9 heteroatoms. The maximum atomic E-state index is 14.4. The summed E-state index contributed by atoms with van der Waals surface area (Å²) in [5.41, 5.74) is 9.01. The first-order valence-corrected chi connectivity index (χ1v) is 12.1. The van der Waals surface area contributed by atoms with Crippen molar-refractivity contribution in [3.8, 4) is 11.1 Å². The molecule has 0 saturated carbocycles. The van der Waals surface area contributed by atoms with Gasteiger partial charge in [-0.25, -0.2) is 17.6 Å². The number of fused-ring (bicyclic) bond motifs is 8. The normalized spacial score (nSPS) is 16.2. The summed E-state index contributed by atoms with van der Waals surface area (Å²) in [7, 11) is 1.50. The first kappa shape index (κ1) is 26.3. The van der Waals surface area contributed by atoms with E-state index in [2.05, 4.69) is 11.1 Å². The Labute approximate surface area is 221 Å². The summed E-state index contributed by atoms with van der Waals surface area (Å²) in [6.45, 7) is -0.227. The molecule has 4 aromatic rings. The zero-order chi connectivity index (χ0) is 27.8. The molecular weight excluding hydrogens is 510 g/mol. The number of ether oxygens (including phenoxy) is 1. The van der Waals surface area contributed by atoms with E-state index in [-0.39, 0.29) is 29.3 Å². The van der Waals surface area contributed by atoms with Crippen LogP contribution in [0.1, 0.15) is 55.9 Å². The van der Waals surface area contributed by atoms with Gasteiger partial charge in [-0.3, -0.25) is 4.79 Å². The molecule has 6 rings (SSSR count). The molecule has 2 aliphatic heterocycles. The number of amides is 1. The lowest BCUT2D eigenvalue weighted by Crippen LogP contribution is -2.24. The fourth-order valence-electron chi connectivity index (χ4n) is 5.00. The second-order valence-corrected chi connectivity index (χ2v) is 9.00. The number of hydrogen-bond donors (Lipinski definition) is 3. The van der Waals surface area contributed by atoms with Gasteiger partial charge in [0, 0.05) is 41.1 Å². The highest BCUT2D eigenvalue weighted by Gasteiger charge is 2.43. The quantitative estimate of drug-likeness (QED) is 0.219. The van der Waals surface area contributed by atoms with Crippen LogP contribution in [0.25, 0.3) is 11.1 Å². The predicted octanol–water partition coefficient (Wildman–Crippen LogP) is 5.93. The first-order valence-electron chi connectivity index (χ1n) is 12.1. The molecule has 0 saturated heterocycles. The van der Waals surface area contributed by atoms with Gasteiger partial charge in [0.2, 0.25) is 0 Å². The Morgan fingerprint density at radius 1 is 0.846 bits per heavy atom. The minimum Gasteiger partial charge on any atom is -0.356 e. The van der Waals surface area contributed by atoms with Gasteiger partial charge in [-0.15, -0.1) is 0 Å². The highest BCUT2D eigenvalue weighted by atomic mass is 19.1. The Hall–Kier alpha value is -4.34. The summed E-state index contributed by atoms with van der Waals surface area (Å²) < 4.78 is 62.0. The van der Waals surface area contributed by atoms with Gasteiger partial charge in [0.15, 0.2) is 0 Å². The lowest BCUT2D eigenvalue weighted by Gasteiger charge is -2.18. The van der Waals surface area contributed by atoms with E-state index in [1.54, 1.807) is 18.2 Å². The molecule has 2 bridgehead atoms. The molecule has 2 aliphatic rings. The Morgan fingerprint density at radius 3 is 2.26 bits per heavy atom. The summed E-state index contributed by atoms with van der Waals surface area (Å²) in [6, 6.07) is 16.0. The van der Waals surface area contributed by atoms with E-state index in [0.717, 1.165) is 46.7 Å². The van der Waals surface area contributed by atoms with Crippen molar-refractivity contribution in [3.63, 3.8) is 0 Å². The third-order valence-electron chi connectivity index (χ3n) is 6.84. The second kappa shape index (κ2) is 10.4. The molecule has 2 atom stereocenters. The van der Waals surface area contributed by atoms with Crippen LogP contribution in [0.2, 0.25) is 0 Å². The van der Waals surface area contributed by atoms with Gasteiger partial charge in [-0.05, 0) is 77.3 Å². The van der Waals surface area contributed by atoms with Gasteiger partial charge < -0.3 is 21.2 Å². The minimum atomic E-state index is -0.745. The summed E-state index contributed by atoms with van der Waals surface area (Å²) in [4.78, 5) is 12.8. The van der Waals surface area contributed by atoms with Crippen molar-refractivity contribution in [2.75, 3.05) is 7.05 Å². The number of carbonyl (C=O) groups excluding carboxylic acids is 1. The molecule has 0 fully saturated rings. The second-order valence-electron chi connectivity index (χ2n) is 9.00. The summed E-state index contributed by atoms with van der Waals surface area (Å²) in [5.74, 6) is -3.24. The molecule has 4 N–H and O–H groups in total. The van der Waals surface area contributed by atoms with Crippen LogP contribution in [0.4, 0.5) is 17.6 Å². The van der Waals surface area contributed by atoms with Gasteiger partial charge in [0.25, 0.3) is 5.91 Å². The fourth-order valence-corrected chi connectivity index (χ4v) is 5.00. The SMILES string of the molecule is CN.N=Cc1cc(F)c(CNC(=O)c2ccc3c(c2)[C@@H]2O[C@H]3c3ccc(-c4ccc(F)cc4F)cc32)cc1F. The zero-order valence-corrected chi connectivity index (χ0v) is 20.7. The van der Waals surface area contributed by atoms with Crippen LogP contribution in [0, 0.1) is 28.7 Å². The molecule has 5 nitrogen and oxygen atoms in total. The zero-order valence-electron chi connectivity index (χ0n) is 20.7. The minimum absolute atomic E-state index is 0.0329. The number of carbonyl (C=O) groups is 1. The standard InChI is InChI=1S/C29H18F4N2O2.CH5N/c30-18-3-6-19(26(33)11-18)14-1-4-20-22(7-14)28-23-8-15(2-5-21(23)27(20)37-28)29(36)35-13-17-10-24(31)16(12-34)9-25(17)32;1-2/h1-12,27-28,34H,13H2,(H,35,36);2H2,1H3/t27-,28+;/m0./s1. The number of rotatable bonds is 5. The van der Waals surface area contributed by atoms with Gasteiger partial charge in [0.05, 0.1) is 0 Å². The lowest BCUT2D eigenvalue weighted by molar-refractivity contribution is 0.0857. The Balaban J connectivity index is 0.00000151. The van der Waals surface area contributed by atoms with Crippen molar-refractivity contribution in [1.82, 2.24) is 5.32 Å². The van der Waals surface area contributed by atoms with E-state index in [1.807, 2.05) is 18.2 Å². The van der Waals surface area contributed by atoms with E-state index >= 15 is 0 Å². The third kappa shape index (κ3) is 4.60. The Kier molecular flexibility index (Phi) is 7.03. The lowest BCUT2D eigenvalue weighted by atomic mass is 9.83. The molecule has 4 aromatic carbocycles. The summed E-state index contributed by atoms with van der Waals surface area (Å²) in [6.07, 6.45) is -0.0479. The van der Waals surface area contributed by atoms with Crippen LogP contribution in [-0.2, 0) is 11.3 Å². The smallest absolute Gasteiger partial charge is 0.251 e. The van der Waals surface area contributed by atoms with Crippen LogP contribution in [0.15, 0.2) is 66.7 Å². The number of nitrogens with two attached hydrogens (primary N) is 1. The molecule has 0 spiro atoms. The topological polar surface area (TPSA) is 88.2 Å². The number of hydrogen-bond acceptors (Lipinski definition) is 4. The largest absolute Gasteiger partial charge is 0.356 e.